The van der Waals surface area contributed by atoms with Crippen LogP contribution in [0.4, 0.5) is 8.78 Å². The van der Waals surface area contributed by atoms with E-state index in [0.29, 0.717) is 98.6 Å². The molecule has 652 valence electrons. The summed E-state index contributed by atoms with van der Waals surface area (Å²) in [7, 11) is 0. The zero-order valence-corrected chi connectivity index (χ0v) is 78.2. The molecule has 6 fully saturated rings. The molecule has 20 nitrogen and oxygen atoms in total. The van der Waals surface area contributed by atoms with Crippen molar-refractivity contribution in [1.29, 1.82) is 0 Å². The van der Waals surface area contributed by atoms with Crippen LogP contribution in [0.1, 0.15) is 88.3 Å². The molecule has 12 aromatic rings. The van der Waals surface area contributed by atoms with Crippen molar-refractivity contribution in [1.82, 2.24) is 55.0 Å². The summed E-state index contributed by atoms with van der Waals surface area (Å²) in [6.07, 6.45) is 6.32. The predicted molar refractivity (Wildman–Crippen MR) is 502 cm³/mol. The first-order valence-electron chi connectivity index (χ1n) is 41.4. The minimum atomic E-state index is -1.40. The number of carbonyl (C=O) groups is 7. The van der Waals surface area contributed by atoms with E-state index < -0.39 is 44.0 Å². The van der Waals surface area contributed by atoms with E-state index in [1.807, 2.05) is 211 Å². The van der Waals surface area contributed by atoms with Gasteiger partial charge in [0, 0.05) is 177 Å². The van der Waals surface area contributed by atoms with Crippen molar-refractivity contribution >= 4 is 192 Å². The molecule has 7 amide bonds. The van der Waals surface area contributed by atoms with Gasteiger partial charge in [-0.05, 0) is 159 Å². The first-order valence-corrected chi connectivity index (χ1v) is 47.4. The van der Waals surface area contributed by atoms with Gasteiger partial charge in [-0.2, -0.15) is 0 Å². The summed E-state index contributed by atoms with van der Waals surface area (Å²) >= 11 is 33.4. The van der Waals surface area contributed by atoms with E-state index in [4.69, 9.17) is 44.3 Å². The van der Waals surface area contributed by atoms with Crippen LogP contribution >= 0.6 is 118 Å². The Kier molecular flexibility index (Phi) is 28.3. The number of piperazine rings is 1. The number of halogens is 8. The van der Waals surface area contributed by atoms with Crippen LogP contribution in [0.15, 0.2) is 241 Å². The lowest BCUT2D eigenvalue weighted by Gasteiger charge is -2.40. The number of morpholine rings is 2. The van der Waals surface area contributed by atoms with Crippen LogP contribution in [0.2, 0.25) is 15.1 Å². The molecule has 0 spiro atoms. The Bertz CT molecular complexity index is 6050. The first kappa shape index (κ1) is 90.3. The number of hydrogen-bond donors (Lipinski definition) is 5. The molecule has 6 aliphatic rings. The van der Waals surface area contributed by atoms with E-state index in [1.165, 1.54) is 29.6 Å². The van der Waals surface area contributed by atoms with Gasteiger partial charge in [-0.15, -0.1) is 35.3 Å². The van der Waals surface area contributed by atoms with E-state index in [1.54, 1.807) is 21.9 Å². The van der Waals surface area contributed by atoms with Crippen molar-refractivity contribution in [3.63, 3.8) is 0 Å². The van der Waals surface area contributed by atoms with Gasteiger partial charge in [-0.25, -0.2) is 8.78 Å². The molecule has 9 heterocycles. The van der Waals surface area contributed by atoms with Gasteiger partial charge in [0.1, 0.15) is 14.2 Å². The highest BCUT2D eigenvalue weighted by Gasteiger charge is 2.63. The van der Waals surface area contributed by atoms with Crippen molar-refractivity contribution in [2.45, 2.75) is 106 Å². The fourth-order valence-corrected chi connectivity index (χ4v) is 23.3. The molecule has 3 aromatic heterocycles. The van der Waals surface area contributed by atoms with Crippen LogP contribution in [0.5, 0.6) is 0 Å². The van der Waals surface area contributed by atoms with Crippen LogP contribution in [0.3, 0.4) is 0 Å². The molecule has 0 unspecified atom stereocenters. The fraction of sp³-hybridized carbons (Fsp3) is 0.295. The third kappa shape index (κ3) is 19.8. The number of amides is 7. The van der Waals surface area contributed by atoms with E-state index in [0.717, 1.165) is 144 Å². The topological polar surface area (TPSA) is 229 Å². The fourth-order valence-electron chi connectivity index (χ4n) is 17.6. The van der Waals surface area contributed by atoms with Gasteiger partial charge >= 0.3 is 0 Å². The number of hydrogen-bond acceptors (Lipinski definition) is 13. The second kappa shape index (κ2) is 39.5. The summed E-state index contributed by atoms with van der Waals surface area (Å²) in [5.41, 5.74) is 10.0. The van der Waals surface area contributed by atoms with Crippen LogP contribution in [-0.4, -0.2) is 185 Å². The quantitative estimate of drug-likeness (QED) is 0.0398. The molecule has 0 radical (unpaired) electrons. The summed E-state index contributed by atoms with van der Waals surface area (Å²) in [4.78, 5) is 122. The maximum Gasteiger partial charge on any atom is 0.242 e. The molecule has 0 aliphatic carbocycles. The summed E-state index contributed by atoms with van der Waals surface area (Å²) in [5.74, 6) is -3.15. The van der Waals surface area contributed by atoms with E-state index in [9.17, 15) is 42.3 Å². The number of aryl methyl sites for hydroxylation is 2. The predicted octanol–water partition coefficient (Wildman–Crippen LogP) is 19.3. The average molecular weight is 2010 g/mol. The van der Waals surface area contributed by atoms with Gasteiger partial charge in [-0.1, -0.05) is 173 Å². The van der Waals surface area contributed by atoms with Crippen molar-refractivity contribution in [2.24, 2.45) is 0 Å². The summed E-state index contributed by atoms with van der Waals surface area (Å²) in [5, 5.41) is 10.4. The number of aromatic amines is 3. The highest BCUT2D eigenvalue weighted by atomic mass is 79.9. The van der Waals surface area contributed by atoms with E-state index in [-0.39, 0.29) is 73.7 Å². The minimum absolute atomic E-state index is 0.00392. The number of nitrogens with zero attached hydrogens (tertiary/aromatic N) is 6. The SMILES string of the molecule is Cc1ccc(S[C@@]2(C(=O)N3CCNC(=O)C3)CC(=O)N(Cc3ccc(Br)cc3)[C@H]2c2c[nH]c3cc(Cl)ccc23)cc1.Cc1ccc(S[C@@]2(C(=O)N3CCOCC3)CC(=O)N(Cc3ccc(Br)cc3)[C@H]2c2c[nH]c3cc(Cl)ccc23)cc1.O=C1C[C@@](Sc2ccc(F)c(F)c2)(C(=O)NCCCN2CCOCC2)[C@H](c2c[nH]c3cc(Cl)ccc23)N1Cc1ccc(Br)cc1. The molecular formula is C95H89Br3Cl3F2N11O9S3. The number of carbonyl (C=O) groups excluding carboxylic acids is 7. The Morgan fingerprint density at radius 1 is 0.460 bits per heavy atom. The van der Waals surface area contributed by atoms with Crippen LogP contribution in [0.25, 0.3) is 32.7 Å². The maximum absolute atomic E-state index is 14.7. The van der Waals surface area contributed by atoms with Crippen molar-refractivity contribution < 1.29 is 51.8 Å². The number of fused-ring (bicyclic) bond motifs is 3. The zero-order chi connectivity index (χ0) is 88.1. The van der Waals surface area contributed by atoms with Crippen molar-refractivity contribution in [2.75, 3.05) is 85.3 Å². The number of rotatable bonds is 22. The summed E-state index contributed by atoms with van der Waals surface area (Å²) in [6, 6.07) is 58.2. The number of ether oxygens (including phenoxy) is 2. The third-order valence-electron chi connectivity index (χ3n) is 23.8. The minimum Gasteiger partial charge on any atom is -0.379 e. The summed E-state index contributed by atoms with van der Waals surface area (Å²) < 4.78 is 38.6. The highest BCUT2D eigenvalue weighted by Crippen LogP contribution is 2.59. The van der Waals surface area contributed by atoms with Gasteiger partial charge in [0.25, 0.3) is 0 Å². The molecule has 18 rings (SSSR count). The van der Waals surface area contributed by atoms with Crippen molar-refractivity contribution in [3.05, 3.63) is 297 Å². The van der Waals surface area contributed by atoms with Gasteiger partial charge in [-0.3, -0.25) is 38.5 Å². The monoisotopic (exact) mass is 2000 g/mol. The van der Waals surface area contributed by atoms with Crippen LogP contribution in [0, 0.1) is 25.5 Å². The third-order valence-corrected chi connectivity index (χ3v) is 30.3. The van der Waals surface area contributed by atoms with Gasteiger partial charge in [0.15, 0.2) is 11.6 Å². The normalized spacial score (nSPS) is 21.0. The molecule has 0 bridgehead atoms. The second-order valence-electron chi connectivity index (χ2n) is 32.2. The smallest absolute Gasteiger partial charge is 0.242 e. The van der Waals surface area contributed by atoms with Crippen LogP contribution in [-0.2, 0) is 62.7 Å². The first-order chi connectivity index (χ1) is 60.8. The summed E-state index contributed by atoms with van der Waals surface area (Å²) in [6.45, 7) is 12.0. The Morgan fingerprint density at radius 3 is 1.25 bits per heavy atom. The zero-order valence-electron chi connectivity index (χ0n) is 68.7. The Morgan fingerprint density at radius 2 is 0.841 bits per heavy atom. The number of H-pyrrole nitrogens is 3. The van der Waals surface area contributed by atoms with Gasteiger partial charge in [0.05, 0.1) is 70.4 Å². The number of nitrogens with one attached hydrogen (secondary N) is 5. The van der Waals surface area contributed by atoms with Gasteiger partial charge < -0.3 is 59.6 Å². The number of likely N-dealkylation sites (tertiary alicyclic amines) is 3. The highest BCUT2D eigenvalue weighted by molar-refractivity contribution is 9.11. The van der Waals surface area contributed by atoms with Gasteiger partial charge in [0.2, 0.25) is 41.4 Å². The average Bonchev–Trinajstić information content (AvgIpc) is 1.57. The lowest BCUT2D eigenvalue weighted by atomic mass is 9.90. The molecule has 6 aliphatic heterocycles. The molecule has 0 saturated carbocycles. The van der Waals surface area contributed by atoms with E-state index in [2.05, 4.69) is 78.3 Å². The molecule has 126 heavy (non-hydrogen) atoms. The number of thioether (sulfide) groups is 3. The maximum atomic E-state index is 14.7. The molecule has 5 N–H and O–H groups in total. The molecule has 31 heteroatoms. The standard InChI is InChI=1S/C33H32BrClF2N4O3S.C31H28BrClN4O3S.C31H29BrClN3O3S/c34-22-4-2-21(3-5-22)20-41-30(42)18-33(45-24-7-9-27(36)28(37)17-24,32(43)38-10-1-11-40-12-14-44-15-13-40)31(41)26-19-39-29-16-23(35)6-8-25(26)29;1-19-2-9-23(10-3-19)41-31(30(40)36-13-12-34-27(38)18-36)15-28(39)37(17-20-4-6-21(32)7-5-20)29(31)25-16-35-26-14-22(33)8-11-24(25)26;1-20-2-9-24(10-3-20)40-31(30(38)35-12-14-39-15-13-35)17-28(37)36(19-21-4-6-22(32)7-5-21)29(31)26-18-34-27-16-23(33)8-11-25(26)27/h2-9,16-17,19,31,39H,1,10-15,18,20H2,(H,38,43);2-11,14,16,29,35H,12-13,15,17-18H2,1H3,(H,34,38);2-11,16,18,29,34H,12-15,17,19H2,1H3/t31-,33-;2*29-,31-/m000/s1. The second-order valence-corrected chi connectivity index (χ2v) is 40.5. The van der Waals surface area contributed by atoms with Crippen LogP contribution < -0.4 is 10.6 Å². The molecule has 6 saturated heterocycles. The van der Waals surface area contributed by atoms with Crippen molar-refractivity contribution in [3.8, 4) is 0 Å². The molecule has 6 atom stereocenters. The Hall–Kier alpha value is -9.01. The number of benzene rings is 9. The Labute approximate surface area is 781 Å². The lowest BCUT2D eigenvalue weighted by Crippen LogP contribution is -2.57. The number of aromatic nitrogens is 3. The Balaban J connectivity index is 0.000000139. The molecule has 9 aromatic carbocycles. The largest absolute Gasteiger partial charge is 0.379 e. The lowest BCUT2D eigenvalue weighted by molar-refractivity contribution is -0.140. The van der Waals surface area contributed by atoms with E-state index >= 15 is 0 Å². The molecular weight excluding hydrogens is 1920 g/mol.